The van der Waals surface area contributed by atoms with Crippen molar-refractivity contribution in [3.63, 3.8) is 0 Å². The van der Waals surface area contributed by atoms with Crippen molar-refractivity contribution in [2.75, 3.05) is 46.4 Å². The van der Waals surface area contributed by atoms with Crippen LogP contribution in [0, 0.1) is 5.82 Å². The highest BCUT2D eigenvalue weighted by atomic mass is 32.2. The Balaban J connectivity index is 1.85. The molecule has 0 spiro atoms. The van der Waals surface area contributed by atoms with Crippen molar-refractivity contribution >= 4 is 15.9 Å². The Bertz CT molecular complexity index is 786. The van der Waals surface area contributed by atoms with E-state index in [0.29, 0.717) is 26.1 Å². The van der Waals surface area contributed by atoms with Crippen molar-refractivity contribution in [1.29, 1.82) is 0 Å². The molecular weight excluding hydrogens is 361 g/mol. The van der Waals surface area contributed by atoms with Crippen LogP contribution in [-0.2, 0) is 14.8 Å². The average molecular weight is 385 g/mol. The van der Waals surface area contributed by atoms with Gasteiger partial charge in [-0.1, -0.05) is 0 Å². The molecule has 1 unspecified atom stereocenters. The van der Waals surface area contributed by atoms with Gasteiger partial charge in [0.1, 0.15) is 16.5 Å². The number of sulfonamides is 1. The van der Waals surface area contributed by atoms with Crippen molar-refractivity contribution in [2.45, 2.75) is 24.3 Å². The van der Waals surface area contributed by atoms with Crippen molar-refractivity contribution in [3.8, 4) is 5.75 Å². The molecule has 26 heavy (non-hydrogen) atoms. The van der Waals surface area contributed by atoms with Gasteiger partial charge in [0.05, 0.1) is 13.2 Å². The lowest BCUT2D eigenvalue weighted by atomic mass is 10.1. The second kappa shape index (κ2) is 7.50. The van der Waals surface area contributed by atoms with E-state index in [4.69, 9.17) is 4.74 Å². The van der Waals surface area contributed by atoms with E-state index in [1.807, 2.05) is 11.8 Å². The van der Waals surface area contributed by atoms with Gasteiger partial charge in [0, 0.05) is 39.3 Å². The minimum atomic E-state index is -3.91. The Kier molecular flexibility index (Phi) is 5.50. The molecule has 0 aliphatic carbocycles. The number of benzene rings is 1. The van der Waals surface area contributed by atoms with Crippen molar-refractivity contribution in [1.82, 2.24) is 14.1 Å². The van der Waals surface area contributed by atoms with Gasteiger partial charge in [-0.05, 0) is 31.5 Å². The van der Waals surface area contributed by atoms with Crippen LogP contribution < -0.4 is 4.74 Å². The van der Waals surface area contributed by atoms with Gasteiger partial charge in [0.2, 0.25) is 15.9 Å². The molecule has 0 saturated carbocycles. The summed E-state index contributed by atoms with van der Waals surface area (Å²) < 4.78 is 46.2. The number of likely N-dealkylation sites (N-methyl/N-ethyl adjacent to an activating group) is 1. The molecule has 3 rings (SSSR count). The monoisotopic (exact) mass is 385 g/mol. The zero-order chi connectivity index (χ0) is 18.9. The maximum Gasteiger partial charge on any atom is 0.246 e. The summed E-state index contributed by atoms with van der Waals surface area (Å²) in [7, 11) is -2.56. The van der Waals surface area contributed by atoms with Gasteiger partial charge in [-0.15, -0.1) is 0 Å². The van der Waals surface area contributed by atoms with E-state index in [9.17, 15) is 17.6 Å². The minimum Gasteiger partial charge on any atom is -0.495 e. The van der Waals surface area contributed by atoms with Crippen LogP contribution in [0.25, 0.3) is 0 Å². The van der Waals surface area contributed by atoms with Gasteiger partial charge in [-0.3, -0.25) is 9.69 Å². The summed E-state index contributed by atoms with van der Waals surface area (Å²) in [6.45, 7) is 4.95. The highest BCUT2D eigenvalue weighted by Crippen LogP contribution is 2.29. The molecule has 2 saturated heterocycles. The van der Waals surface area contributed by atoms with Crippen LogP contribution in [-0.4, -0.2) is 80.9 Å². The molecule has 0 radical (unpaired) electrons. The van der Waals surface area contributed by atoms with Crippen LogP contribution in [0.4, 0.5) is 4.39 Å². The number of carbonyl (C=O) groups is 1. The lowest BCUT2D eigenvalue weighted by Crippen LogP contribution is -2.56. The summed E-state index contributed by atoms with van der Waals surface area (Å²) in [4.78, 5) is 16.2. The Labute approximate surface area is 153 Å². The number of methoxy groups -OCH3 is 1. The van der Waals surface area contributed by atoms with Crippen LogP contribution in [0.3, 0.4) is 0 Å². The third kappa shape index (κ3) is 3.43. The highest BCUT2D eigenvalue weighted by Gasteiger charge is 2.38. The molecule has 1 amide bonds. The number of piperazine rings is 1. The van der Waals surface area contributed by atoms with Crippen molar-refractivity contribution in [2.24, 2.45) is 0 Å². The standard InChI is InChI=1S/C17H24FN3O4S/c1-3-19-8-9-20-10-11-21(7-6-14(20)17(19)22)26(23,24)16-12-13(18)4-5-15(16)25-2/h4-5,12,14H,3,6-11H2,1-2H3. The van der Waals surface area contributed by atoms with Crippen LogP contribution in [0.15, 0.2) is 23.1 Å². The van der Waals surface area contributed by atoms with Crippen molar-refractivity contribution < 1.29 is 22.3 Å². The van der Waals surface area contributed by atoms with Gasteiger partial charge in [-0.25, -0.2) is 12.8 Å². The van der Waals surface area contributed by atoms with Gasteiger partial charge in [0.15, 0.2) is 0 Å². The average Bonchev–Trinajstić information content (AvgIpc) is 2.85. The molecule has 2 fully saturated rings. The fraction of sp³-hybridized carbons (Fsp3) is 0.588. The van der Waals surface area contributed by atoms with E-state index in [0.717, 1.165) is 12.6 Å². The van der Waals surface area contributed by atoms with E-state index < -0.39 is 15.8 Å². The normalized spacial score (nSPS) is 22.8. The van der Waals surface area contributed by atoms with Crippen LogP contribution >= 0.6 is 0 Å². The molecule has 0 bridgehead atoms. The third-order valence-electron chi connectivity index (χ3n) is 5.11. The summed E-state index contributed by atoms with van der Waals surface area (Å²) in [5, 5.41) is 0. The minimum absolute atomic E-state index is 0.0568. The molecule has 9 heteroatoms. The zero-order valence-electron chi connectivity index (χ0n) is 15.0. The molecule has 1 aromatic rings. The predicted octanol–water partition coefficient (Wildman–Crippen LogP) is 0.761. The SMILES string of the molecule is CCN1CCN2CCN(S(=O)(=O)c3cc(F)ccc3OC)CCC2C1=O. The second-order valence-electron chi connectivity index (χ2n) is 6.46. The molecular formula is C17H24FN3O4S. The largest absolute Gasteiger partial charge is 0.495 e. The van der Waals surface area contributed by atoms with Crippen LogP contribution in [0.2, 0.25) is 0 Å². The Morgan fingerprint density at radius 2 is 1.92 bits per heavy atom. The molecule has 144 valence electrons. The van der Waals surface area contributed by atoms with Gasteiger partial charge >= 0.3 is 0 Å². The molecule has 0 N–H and O–H groups in total. The van der Waals surface area contributed by atoms with Crippen molar-refractivity contribution in [3.05, 3.63) is 24.0 Å². The molecule has 0 aromatic heterocycles. The molecule has 2 aliphatic rings. The van der Waals surface area contributed by atoms with E-state index in [1.165, 1.54) is 23.5 Å². The summed E-state index contributed by atoms with van der Waals surface area (Å²) in [6, 6.07) is 3.17. The summed E-state index contributed by atoms with van der Waals surface area (Å²) in [6.07, 6.45) is 0.423. The number of rotatable bonds is 4. The molecule has 1 aromatic carbocycles. The maximum absolute atomic E-state index is 13.6. The number of hydrogen-bond donors (Lipinski definition) is 0. The third-order valence-corrected chi connectivity index (χ3v) is 7.03. The smallest absolute Gasteiger partial charge is 0.246 e. The number of ether oxygens (including phenoxy) is 1. The summed E-state index contributed by atoms with van der Waals surface area (Å²) in [5.74, 6) is -0.465. The first-order valence-corrected chi connectivity index (χ1v) is 10.2. The molecule has 7 nitrogen and oxygen atoms in total. The van der Waals surface area contributed by atoms with E-state index >= 15 is 0 Å². The topological polar surface area (TPSA) is 70.2 Å². The lowest BCUT2D eigenvalue weighted by molar-refractivity contribution is -0.141. The van der Waals surface area contributed by atoms with E-state index in [-0.39, 0.29) is 35.7 Å². The highest BCUT2D eigenvalue weighted by molar-refractivity contribution is 7.89. The number of amides is 1. The van der Waals surface area contributed by atoms with E-state index in [1.54, 1.807) is 4.90 Å². The molecule has 1 atom stereocenters. The quantitative estimate of drug-likeness (QED) is 0.765. The number of halogens is 1. The Morgan fingerprint density at radius 1 is 1.19 bits per heavy atom. The maximum atomic E-state index is 13.6. The zero-order valence-corrected chi connectivity index (χ0v) is 15.8. The Morgan fingerprint density at radius 3 is 2.62 bits per heavy atom. The summed E-state index contributed by atoms with van der Waals surface area (Å²) >= 11 is 0. The molecule has 2 aliphatic heterocycles. The predicted molar refractivity (Wildman–Crippen MR) is 93.9 cm³/mol. The second-order valence-corrected chi connectivity index (χ2v) is 8.36. The Hall–Kier alpha value is -1.71. The van der Waals surface area contributed by atoms with Crippen LogP contribution in [0.1, 0.15) is 13.3 Å². The lowest BCUT2D eigenvalue weighted by Gasteiger charge is -2.39. The first-order valence-electron chi connectivity index (χ1n) is 8.75. The van der Waals surface area contributed by atoms with Gasteiger partial charge < -0.3 is 9.64 Å². The summed E-state index contributed by atoms with van der Waals surface area (Å²) in [5.41, 5.74) is 0. The first kappa shape index (κ1) is 19.1. The number of hydrogen-bond acceptors (Lipinski definition) is 5. The fourth-order valence-electron chi connectivity index (χ4n) is 3.62. The van der Waals surface area contributed by atoms with Gasteiger partial charge in [0.25, 0.3) is 0 Å². The molecule has 2 heterocycles. The van der Waals surface area contributed by atoms with E-state index in [2.05, 4.69) is 0 Å². The van der Waals surface area contributed by atoms with Gasteiger partial charge in [-0.2, -0.15) is 4.31 Å². The first-order chi connectivity index (χ1) is 12.4. The number of fused-ring (bicyclic) bond motifs is 1. The number of carbonyl (C=O) groups excluding carboxylic acids is 1. The fourth-order valence-corrected chi connectivity index (χ4v) is 5.23. The number of nitrogens with zero attached hydrogens (tertiary/aromatic N) is 3. The van der Waals surface area contributed by atoms with Crippen LogP contribution in [0.5, 0.6) is 5.75 Å².